The number of carbonyl (C=O) groups is 1. The zero-order chi connectivity index (χ0) is 13.3. The number of anilines is 1. The third-order valence-corrected chi connectivity index (χ3v) is 4.83. The monoisotopic (exact) mass is 278 g/mol. The van der Waals surface area contributed by atoms with Crippen LogP contribution in [0.1, 0.15) is 12.8 Å². The van der Waals surface area contributed by atoms with Crippen molar-refractivity contribution in [2.24, 2.45) is 5.73 Å². The molecule has 0 unspecified atom stereocenters. The van der Waals surface area contributed by atoms with Gasteiger partial charge in [-0.3, -0.25) is 4.79 Å². The minimum atomic E-state index is -0.757. The Hall–Kier alpha value is -1.04. The predicted molar refractivity (Wildman–Crippen MR) is 76.5 cm³/mol. The number of ether oxygens (including phenoxy) is 1. The van der Waals surface area contributed by atoms with Crippen LogP contribution in [0, 0.1) is 0 Å². The van der Waals surface area contributed by atoms with Gasteiger partial charge in [-0.15, -0.1) is 11.8 Å². The molecule has 0 aliphatic carbocycles. The SMILES string of the molecule is NC1(C(=O)N2CCSc3ccccc32)CCOCC1. The van der Waals surface area contributed by atoms with E-state index in [0.29, 0.717) is 26.1 Å². The van der Waals surface area contributed by atoms with E-state index in [4.69, 9.17) is 10.5 Å². The number of carbonyl (C=O) groups excluding carboxylic acids is 1. The van der Waals surface area contributed by atoms with Gasteiger partial charge >= 0.3 is 0 Å². The van der Waals surface area contributed by atoms with E-state index in [-0.39, 0.29) is 5.91 Å². The molecule has 3 rings (SSSR count). The van der Waals surface area contributed by atoms with Gasteiger partial charge in [0.25, 0.3) is 0 Å². The van der Waals surface area contributed by atoms with Crippen molar-refractivity contribution in [3.8, 4) is 0 Å². The van der Waals surface area contributed by atoms with Crippen LogP contribution < -0.4 is 10.6 Å². The van der Waals surface area contributed by atoms with E-state index in [9.17, 15) is 4.79 Å². The Labute approximate surface area is 117 Å². The topological polar surface area (TPSA) is 55.6 Å². The number of benzene rings is 1. The Bertz CT molecular complexity index is 486. The van der Waals surface area contributed by atoms with Crippen LogP contribution in [0.2, 0.25) is 0 Å². The van der Waals surface area contributed by atoms with E-state index in [1.54, 1.807) is 11.8 Å². The Morgan fingerprint density at radius 2 is 2.05 bits per heavy atom. The maximum Gasteiger partial charge on any atom is 0.247 e. The molecule has 0 aromatic heterocycles. The normalized spacial score (nSPS) is 21.8. The molecule has 102 valence electrons. The lowest BCUT2D eigenvalue weighted by atomic mass is 9.89. The van der Waals surface area contributed by atoms with E-state index < -0.39 is 5.54 Å². The minimum absolute atomic E-state index is 0.0450. The van der Waals surface area contributed by atoms with E-state index in [1.165, 1.54) is 0 Å². The first-order chi connectivity index (χ1) is 9.21. The molecule has 5 heteroatoms. The standard InChI is InChI=1S/C14H18N2O2S/c15-14(5-8-18-9-6-14)13(17)16-7-10-19-12-4-2-1-3-11(12)16/h1-4H,5-10,15H2. The number of hydrogen-bond donors (Lipinski definition) is 1. The molecule has 4 nitrogen and oxygen atoms in total. The van der Waals surface area contributed by atoms with E-state index in [2.05, 4.69) is 6.07 Å². The third-order valence-electron chi connectivity index (χ3n) is 3.78. The molecule has 2 heterocycles. The van der Waals surface area contributed by atoms with Crippen LogP contribution >= 0.6 is 11.8 Å². The predicted octanol–water partition coefficient (Wildman–Crippen LogP) is 1.63. The molecule has 0 saturated carbocycles. The maximum atomic E-state index is 12.8. The number of amides is 1. The number of rotatable bonds is 1. The molecule has 1 aromatic carbocycles. The molecular formula is C14H18N2O2S. The van der Waals surface area contributed by atoms with Crippen LogP contribution in [0.5, 0.6) is 0 Å². The Kier molecular flexibility index (Phi) is 3.52. The first kappa shape index (κ1) is 13.0. The van der Waals surface area contributed by atoms with Crippen molar-refractivity contribution in [3.05, 3.63) is 24.3 Å². The maximum absolute atomic E-state index is 12.8. The zero-order valence-corrected chi connectivity index (χ0v) is 11.6. The number of thioether (sulfide) groups is 1. The second-order valence-corrected chi connectivity index (χ2v) is 6.18. The van der Waals surface area contributed by atoms with Crippen molar-refractivity contribution in [1.82, 2.24) is 0 Å². The van der Waals surface area contributed by atoms with E-state index >= 15 is 0 Å². The van der Waals surface area contributed by atoms with Gasteiger partial charge < -0.3 is 15.4 Å². The molecule has 0 radical (unpaired) electrons. The first-order valence-electron chi connectivity index (χ1n) is 6.61. The Morgan fingerprint density at radius 3 is 2.84 bits per heavy atom. The van der Waals surface area contributed by atoms with Crippen molar-refractivity contribution in [1.29, 1.82) is 0 Å². The zero-order valence-electron chi connectivity index (χ0n) is 10.8. The molecule has 2 N–H and O–H groups in total. The van der Waals surface area contributed by atoms with Gasteiger partial charge in [0.15, 0.2) is 0 Å². The fraction of sp³-hybridized carbons (Fsp3) is 0.500. The van der Waals surface area contributed by atoms with Crippen LogP contribution in [0.25, 0.3) is 0 Å². The van der Waals surface area contributed by atoms with Crippen molar-refractivity contribution in [3.63, 3.8) is 0 Å². The highest BCUT2D eigenvalue weighted by Gasteiger charge is 2.40. The molecule has 19 heavy (non-hydrogen) atoms. The van der Waals surface area contributed by atoms with Gasteiger partial charge in [-0.1, -0.05) is 12.1 Å². The average Bonchev–Trinajstić information content (AvgIpc) is 2.47. The summed E-state index contributed by atoms with van der Waals surface area (Å²) in [6.07, 6.45) is 1.22. The van der Waals surface area contributed by atoms with Gasteiger partial charge in [0.2, 0.25) is 5.91 Å². The van der Waals surface area contributed by atoms with Crippen LogP contribution in [-0.4, -0.2) is 37.0 Å². The molecule has 0 spiro atoms. The average molecular weight is 278 g/mol. The van der Waals surface area contributed by atoms with Crippen LogP contribution in [0.4, 0.5) is 5.69 Å². The van der Waals surface area contributed by atoms with E-state index in [0.717, 1.165) is 22.9 Å². The van der Waals surface area contributed by atoms with Gasteiger partial charge in [-0.25, -0.2) is 0 Å². The molecule has 1 aromatic rings. The van der Waals surface area contributed by atoms with Crippen molar-refractivity contribution in [2.45, 2.75) is 23.3 Å². The molecule has 1 saturated heterocycles. The highest BCUT2D eigenvalue weighted by molar-refractivity contribution is 7.99. The smallest absolute Gasteiger partial charge is 0.247 e. The molecule has 1 amide bonds. The summed E-state index contributed by atoms with van der Waals surface area (Å²) in [5.41, 5.74) is 6.56. The summed E-state index contributed by atoms with van der Waals surface area (Å²) in [5, 5.41) is 0. The summed E-state index contributed by atoms with van der Waals surface area (Å²) < 4.78 is 5.32. The summed E-state index contributed by atoms with van der Waals surface area (Å²) in [6.45, 7) is 1.89. The summed E-state index contributed by atoms with van der Waals surface area (Å²) in [7, 11) is 0. The third kappa shape index (κ3) is 2.38. The lowest BCUT2D eigenvalue weighted by molar-refractivity contribution is -0.127. The lowest BCUT2D eigenvalue weighted by Crippen LogP contribution is -2.59. The van der Waals surface area contributed by atoms with Crippen LogP contribution in [-0.2, 0) is 9.53 Å². The van der Waals surface area contributed by atoms with E-state index in [1.807, 2.05) is 23.1 Å². The van der Waals surface area contributed by atoms with Crippen molar-refractivity contribution in [2.75, 3.05) is 30.4 Å². The molecule has 0 atom stereocenters. The highest BCUT2D eigenvalue weighted by atomic mass is 32.2. The van der Waals surface area contributed by atoms with Gasteiger partial charge in [0.1, 0.15) is 5.54 Å². The molecule has 2 aliphatic rings. The summed E-state index contributed by atoms with van der Waals surface area (Å²) in [6, 6.07) is 8.04. The van der Waals surface area contributed by atoms with Gasteiger partial charge in [-0.2, -0.15) is 0 Å². The number of nitrogens with zero attached hydrogens (tertiary/aromatic N) is 1. The fourth-order valence-corrected chi connectivity index (χ4v) is 3.59. The van der Waals surface area contributed by atoms with Gasteiger partial charge in [-0.05, 0) is 25.0 Å². The molecular weight excluding hydrogens is 260 g/mol. The second kappa shape index (κ2) is 5.15. The minimum Gasteiger partial charge on any atom is -0.381 e. The first-order valence-corrected chi connectivity index (χ1v) is 7.60. The second-order valence-electron chi connectivity index (χ2n) is 5.04. The summed E-state index contributed by atoms with van der Waals surface area (Å²) in [4.78, 5) is 15.8. The number of hydrogen-bond acceptors (Lipinski definition) is 4. The molecule has 2 aliphatic heterocycles. The lowest BCUT2D eigenvalue weighted by Gasteiger charge is -2.38. The molecule has 0 bridgehead atoms. The summed E-state index contributed by atoms with van der Waals surface area (Å²) in [5.74, 6) is 0.971. The van der Waals surface area contributed by atoms with Crippen molar-refractivity contribution < 1.29 is 9.53 Å². The Balaban J connectivity index is 1.88. The van der Waals surface area contributed by atoms with Crippen molar-refractivity contribution >= 4 is 23.4 Å². The quantitative estimate of drug-likeness (QED) is 0.848. The van der Waals surface area contributed by atoms with Gasteiger partial charge in [0.05, 0.1) is 5.69 Å². The van der Waals surface area contributed by atoms with Crippen LogP contribution in [0.15, 0.2) is 29.2 Å². The summed E-state index contributed by atoms with van der Waals surface area (Å²) >= 11 is 1.80. The number of fused-ring (bicyclic) bond motifs is 1. The van der Waals surface area contributed by atoms with Gasteiger partial charge in [0, 0.05) is 30.4 Å². The largest absolute Gasteiger partial charge is 0.381 e. The number of para-hydroxylation sites is 1. The Morgan fingerprint density at radius 1 is 1.32 bits per heavy atom. The number of nitrogens with two attached hydrogens (primary N) is 1. The fourth-order valence-electron chi connectivity index (χ4n) is 2.60. The van der Waals surface area contributed by atoms with Crippen LogP contribution in [0.3, 0.4) is 0 Å². The highest BCUT2D eigenvalue weighted by Crippen LogP contribution is 2.36. The molecule has 1 fully saturated rings.